The summed E-state index contributed by atoms with van der Waals surface area (Å²) in [4.78, 5) is 18.3. The standard InChI is InChI=1S/C11H11FN2O2/c12-3-1-5-16-8-6-9-11(14-7-8)10(15)2-4-13-9/h2,4,6-7H,1,3,5H2,(H,13,15). The summed E-state index contributed by atoms with van der Waals surface area (Å²) in [5.74, 6) is 0.530. The number of alkyl halides is 1. The van der Waals surface area contributed by atoms with Crippen LogP contribution in [0.2, 0.25) is 0 Å². The number of aromatic nitrogens is 2. The average molecular weight is 222 g/mol. The Morgan fingerprint density at radius 3 is 3.19 bits per heavy atom. The van der Waals surface area contributed by atoms with Gasteiger partial charge in [0.15, 0.2) is 0 Å². The zero-order valence-corrected chi connectivity index (χ0v) is 8.57. The van der Waals surface area contributed by atoms with Gasteiger partial charge in [0.1, 0.15) is 11.3 Å². The van der Waals surface area contributed by atoms with E-state index in [-0.39, 0.29) is 5.43 Å². The molecule has 0 unspecified atom stereocenters. The van der Waals surface area contributed by atoms with Gasteiger partial charge in [-0.25, -0.2) is 4.98 Å². The van der Waals surface area contributed by atoms with Crippen LogP contribution in [0.3, 0.4) is 0 Å². The second-order valence-electron chi connectivity index (χ2n) is 3.30. The highest BCUT2D eigenvalue weighted by atomic mass is 19.1. The third kappa shape index (κ3) is 2.18. The van der Waals surface area contributed by atoms with Crippen LogP contribution in [0.1, 0.15) is 6.42 Å². The lowest BCUT2D eigenvalue weighted by Crippen LogP contribution is -2.04. The Hall–Kier alpha value is -1.91. The molecule has 84 valence electrons. The maximum Gasteiger partial charge on any atom is 0.207 e. The first-order valence-electron chi connectivity index (χ1n) is 4.97. The maximum absolute atomic E-state index is 11.9. The number of aromatic amines is 1. The molecule has 2 heterocycles. The fraction of sp³-hybridized carbons (Fsp3) is 0.273. The van der Waals surface area contributed by atoms with Gasteiger partial charge in [-0.1, -0.05) is 0 Å². The van der Waals surface area contributed by atoms with E-state index in [1.165, 1.54) is 12.3 Å². The highest BCUT2D eigenvalue weighted by Crippen LogP contribution is 2.13. The van der Waals surface area contributed by atoms with Gasteiger partial charge in [-0.05, 0) is 0 Å². The Balaban J connectivity index is 2.27. The number of rotatable bonds is 4. The first kappa shape index (κ1) is 10.6. The number of hydrogen-bond donors (Lipinski definition) is 1. The van der Waals surface area contributed by atoms with E-state index in [9.17, 15) is 9.18 Å². The minimum Gasteiger partial charge on any atom is -0.492 e. The van der Waals surface area contributed by atoms with Crippen molar-refractivity contribution in [3.63, 3.8) is 0 Å². The molecule has 0 saturated heterocycles. The third-order valence-corrected chi connectivity index (χ3v) is 2.12. The van der Waals surface area contributed by atoms with E-state index < -0.39 is 6.67 Å². The van der Waals surface area contributed by atoms with Gasteiger partial charge in [-0.3, -0.25) is 9.18 Å². The molecule has 0 saturated carbocycles. The van der Waals surface area contributed by atoms with E-state index in [0.717, 1.165) is 0 Å². The highest BCUT2D eigenvalue weighted by Gasteiger charge is 2.01. The second-order valence-corrected chi connectivity index (χ2v) is 3.30. The Kier molecular flexibility index (Phi) is 3.14. The number of hydrogen-bond acceptors (Lipinski definition) is 3. The summed E-state index contributed by atoms with van der Waals surface area (Å²) >= 11 is 0. The third-order valence-electron chi connectivity index (χ3n) is 2.12. The van der Waals surface area contributed by atoms with Crippen LogP contribution in [0.25, 0.3) is 11.0 Å². The Bertz CT molecular complexity index is 539. The second kappa shape index (κ2) is 4.74. The normalized spacial score (nSPS) is 10.6. The fourth-order valence-corrected chi connectivity index (χ4v) is 1.36. The van der Waals surface area contributed by atoms with Crippen molar-refractivity contribution in [1.82, 2.24) is 9.97 Å². The van der Waals surface area contributed by atoms with Gasteiger partial charge in [-0.15, -0.1) is 0 Å². The number of halogens is 1. The Labute approximate surface area is 91.1 Å². The van der Waals surface area contributed by atoms with Crippen molar-refractivity contribution in [3.05, 3.63) is 34.7 Å². The first-order valence-corrected chi connectivity index (χ1v) is 4.97. The molecule has 0 bridgehead atoms. The van der Waals surface area contributed by atoms with E-state index in [1.54, 1.807) is 12.3 Å². The van der Waals surface area contributed by atoms with Crippen molar-refractivity contribution in [2.45, 2.75) is 6.42 Å². The van der Waals surface area contributed by atoms with Crippen molar-refractivity contribution in [2.24, 2.45) is 0 Å². The lowest BCUT2D eigenvalue weighted by Gasteiger charge is -2.04. The molecule has 0 aromatic carbocycles. The molecule has 0 fully saturated rings. The van der Waals surface area contributed by atoms with E-state index >= 15 is 0 Å². The molecule has 1 N–H and O–H groups in total. The molecule has 0 amide bonds. The molecule has 5 heteroatoms. The van der Waals surface area contributed by atoms with Crippen LogP contribution in [-0.2, 0) is 0 Å². The molecule has 4 nitrogen and oxygen atoms in total. The summed E-state index contributed by atoms with van der Waals surface area (Å²) in [6.45, 7) is -0.0986. The zero-order chi connectivity index (χ0) is 11.4. The summed E-state index contributed by atoms with van der Waals surface area (Å²) in [7, 11) is 0. The maximum atomic E-state index is 11.9. The smallest absolute Gasteiger partial charge is 0.207 e. The molecular formula is C11H11FN2O2. The van der Waals surface area contributed by atoms with Gasteiger partial charge < -0.3 is 9.72 Å². The molecule has 0 radical (unpaired) electrons. The van der Waals surface area contributed by atoms with Crippen molar-refractivity contribution in [3.8, 4) is 5.75 Å². The van der Waals surface area contributed by atoms with Gasteiger partial charge in [0.2, 0.25) is 5.43 Å². The van der Waals surface area contributed by atoms with Crippen molar-refractivity contribution >= 4 is 11.0 Å². The topological polar surface area (TPSA) is 55.0 Å². The van der Waals surface area contributed by atoms with Crippen LogP contribution in [0.4, 0.5) is 4.39 Å². The Morgan fingerprint density at radius 1 is 1.50 bits per heavy atom. The molecule has 0 aliphatic heterocycles. The van der Waals surface area contributed by atoms with Crippen LogP contribution >= 0.6 is 0 Å². The number of H-pyrrole nitrogens is 1. The largest absolute Gasteiger partial charge is 0.492 e. The summed E-state index contributed by atoms with van der Waals surface area (Å²) in [5, 5.41) is 0. The van der Waals surface area contributed by atoms with Crippen LogP contribution < -0.4 is 10.2 Å². The zero-order valence-electron chi connectivity index (χ0n) is 8.57. The summed E-state index contributed by atoms with van der Waals surface area (Å²) in [6, 6.07) is 3.10. The van der Waals surface area contributed by atoms with E-state index in [0.29, 0.717) is 29.8 Å². The minimum atomic E-state index is -0.405. The van der Waals surface area contributed by atoms with Gasteiger partial charge in [-0.2, -0.15) is 0 Å². The highest BCUT2D eigenvalue weighted by molar-refractivity contribution is 5.74. The van der Waals surface area contributed by atoms with Gasteiger partial charge in [0.05, 0.1) is 25.0 Å². The lowest BCUT2D eigenvalue weighted by molar-refractivity contribution is 0.289. The fourth-order valence-electron chi connectivity index (χ4n) is 1.36. The van der Waals surface area contributed by atoms with Crippen molar-refractivity contribution in [2.75, 3.05) is 13.3 Å². The van der Waals surface area contributed by atoms with Crippen molar-refractivity contribution in [1.29, 1.82) is 0 Å². The van der Waals surface area contributed by atoms with Crippen LogP contribution in [0.15, 0.2) is 29.3 Å². The minimum absolute atomic E-state index is 0.135. The van der Waals surface area contributed by atoms with Crippen molar-refractivity contribution < 1.29 is 9.13 Å². The first-order chi connectivity index (χ1) is 7.81. The van der Waals surface area contributed by atoms with Gasteiger partial charge in [0.25, 0.3) is 0 Å². The molecule has 16 heavy (non-hydrogen) atoms. The van der Waals surface area contributed by atoms with Crippen LogP contribution in [-0.4, -0.2) is 23.2 Å². The van der Waals surface area contributed by atoms with Gasteiger partial charge >= 0.3 is 0 Å². The number of nitrogens with one attached hydrogen (secondary N) is 1. The monoisotopic (exact) mass is 222 g/mol. The molecule has 2 rings (SSSR count). The summed E-state index contributed by atoms with van der Waals surface area (Å²) in [5.41, 5.74) is 0.856. The number of pyridine rings is 2. The number of ether oxygens (including phenoxy) is 1. The molecular weight excluding hydrogens is 211 g/mol. The lowest BCUT2D eigenvalue weighted by atomic mass is 10.3. The molecule has 0 aliphatic carbocycles. The summed E-state index contributed by atoms with van der Waals surface area (Å²) in [6.07, 6.45) is 3.37. The SMILES string of the molecule is O=c1cc[nH]c2cc(OCCCF)cnc12. The molecule has 2 aromatic heterocycles. The summed E-state index contributed by atoms with van der Waals surface area (Å²) < 4.78 is 17.1. The van der Waals surface area contributed by atoms with Crippen LogP contribution in [0, 0.1) is 0 Å². The molecule has 0 atom stereocenters. The molecule has 2 aromatic rings. The van der Waals surface area contributed by atoms with E-state index in [2.05, 4.69) is 9.97 Å². The average Bonchev–Trinajstić information content (AvgIpc) is 2.30. The predicted octanol–water partition coefficient (Wildman–Crippen LogP) is 1.66. The number of nitrogens with zero attached hydrogens (tertiary/aromatic N) is 1. The predicted molar refractivity (Wildman–Crippen MR) is 58.5 cm³/mol. The number of fused-ring (bicyclic) bond motifs is 1. The molecule has 0 aliphatic rings. The quantitative estimate of drug-likeness (QED) is 0.800. The molecule has 0 spiro atoms. The van der Waals surface area contributed by atoms with Crippen LogP contribution in [0.5, 0.6) is 5.75 Å². The Morgan fingerprint density at radius 2 is 2.38 bits per heavy atom. The van der Waals surface area contributed by atoms with E-state index in [4.69, 9.17) is 4.74 Å². The van der Waals surface area contributed by atoms with Gasteiger partial charge in [0, 0.05) is 24.8 Å². The van der Waals surface area contributed by atoms with E-state index in [1.807, 2.05) is 0 Å².